The second kappa shape index (κ2) is 15.8. The van der Waals surface area contributed by atoms with Gasteiger partial charge in [-0.1, -0.05) is 126 Å². The molecule has 5 heteroatoms. The number of nitrogens with one attached hydrogen (secondary N) is 2. The maximum absolute atomic E-state index is 9.45. The van der Waals surface area contributed by atoms with Gasteiger partial charge in [-0.2, -0.15) is 0 Å². The van der Waals surface area contributed by atoms with Crippen LogP contribution in [-0.2, 0) is 6.61 Å². The third-order valence-electron chi connectivity index (χ3n) is 11.4. The van der Waals surface area contributed by atoms with Gasteiger partial charge in [-0.25, -0.2) is 9.97 Å². The number of aliphatic hydroxyl groups excluding tert-OH is 1. The van der Waals surface area contributed by atoms with Crippen molar-refractivity contribution in [1.29, 1.82) is 0 Å². The van der Waals surface area contributed by atoms with Crippen LogP contribution in [0.15, 0.2) is 146 Å². The van der Waals surface area contributed by atoms with Crippen molar-refractivity contribution in [3.8, 4) is 56.3 Å². The van der Waals surface area contributed by atoms with Crippen LogP contribution < -0.4 is 0 Å². The highest BCUT2D eigenvalue weighted by Gasteiger charge is 2.19. The summed E-state index contributed by atoms with van der Waals surface area (Å²) in [5.74, 6) is 6.59. The molecule has 3 N–H and O–H groups in total. The first-order chi connectivity index (χ1) is 29.9. The van der Waals surface area contributed by atoms with Gasteiger partial charge >= 0.3 is 0 Å². The summed E-state index contributed by atoms with van der Waals surface area (Å²) in [5.41, 5.74) is 21.9. The maximum atomic E-state index is 9.45. The van der Waals surface area contributed by atoms with E-state index in [1.54, 1.807) is 0 Å². The molecule has 2 aliphatic rings. The van der Waals surface area contributed by atoms with Crippen LogP contribution in [0.3, 0.4) is 0 Å². The van der Waals surface area contributed by atoms with Crippen molar-refractivity contribution in [2.24, 2.45) is 0 Å². The Kier molecular flexibility index (Phi) is 9.69. The van der Waals surface area contributed by atoms with Gasteiger partial charge in [0.2, 0.25) is 0 Å². The Morgan fingerprint density at radius 3 is 0.951 bits per heavy atom. The van der Waals surface area contributed by atoms with Gasteiger partial charge in [-0.3, -0.25) is 0 Å². The summed E-state index contributed by atoms with van der Waals surface area (Å²) in [5, 5.41) is 9.45. The van der Waals surface area contributed by atoms with E-state index in [1.165, 1.54) is 16.7 Å². The highest BCUT2D eigenvalue weighted by Crippen LogP contribution is 2.38. The molecular weight excluding hydrogens is 745 g/mol. The lowest BCUT2D eigenvalue weighted by Crippen LogP contribution is -1.90. The molecule has 5 aromatic carbocycles. The summed E-state index contributed by atoms with van der Waals surface area (Å²) < 4.78 is 0. The first kappa shape index (κ1) is 37.5. The van der Waals surface area contributed by atoms with E-state index < -0.39 is 0 Å². The number of nitrogens with zero attached hydrogens (tertiary/aromatic N) is 2. The molecule has 0 spiro atoms. The average molecular weight is 787 g/mol. The molecule has 8 aromatic rings. The van der Waals surface area contributed by atoms with E-state index in [2.05, 4.69) is 188 Å². The summed E-state index contributed by atoms with van der Waals surface area (Å²) in [6.45, 7) is 6.36. The summed E-state index contributed by atoms with van der Waals surface area (Å²) in [4.78, 5) is 18.6. The quantitative estimate of drug-likeness (QED) is 0.152. The molecule has 2 aliphatic heterocycles. The number of H-pyrrole nitrogens is 2. The SMILES string of the molecule is Cc1ccc(-c2c3nc(c(-c4ccc(C)cc4)c4ccc([nH]4)c(-c4ccc(C#Cc5ccc(CO)cc5)cc4)c4nc(c(-c5ccc(C)cc5)c5ccc2[nH]5)C=C4)C=C3)cc1. The zero-order valence-corrected chi connectivity index (χ0v) is 34.2. The maximum Gasteiger partial charge on any atom is 0.0737 e. The number of aromatic nitrogens is 4. The summed E-state index contributed by atoms with van der Waals surface area (Å²) in [6.07, 6.45) is 8.54. The monoisotopic (exact) mass is 786 g/mol. The van der Waals surface area contributed by atoms with E-state index in [9.17, 15) is 5.11 Å². The normalized spacial score (nSPS) is 11.7. The van der Waals surface area contributed by atoms with E-state index in [4.69, 9.17) is 9.97 Å². The highest BCUT2D eigenvalue weighted by molar-refractivity contribution is 5.99. The second-order valence-corrected chi connectivity index (χ2v) is 15.8. The first-order valence-electron chi connectivity index (χ1n) is 20.6. The molecule has 0 amide bonds. The third-order valence-corrected chi connectivity index (χ3v) is 11.4. The van der Waals surface area contributed by atoms with Gasteiger partial charge in [0.25, 0.3) is 0 Å². The molecule has 0 saturated heterocycles. The molecule has 292 valence electrons. The summed E-state index contributed by atoms with van der Waals surface area (Å²) in [6, 6.07) is 50.7. The number of hydrogen-bond donors (Lipinski definition) is 3. The number of aliphatic hydroxyl groups is 1. The van der Waals surface area contributed by atoms with Crippen molar-refractivity contribution in [2.45, 2.75) is 27.4 Å². The standard InChI is InChI=1S/C56H42N4O/c1-35-4-18-41(19-5-35)53-45-26-28-47(57-45)54(42-20-6-36(2)7-21-42)49-30-32-51(59-49)56(44-24-16-39(17-25-44)11-10-38-12-14-40(34-61)15-13-38)52-33-31-50(60-52)55(48-29-27-46(53)58-48)43-22-8-37(3)9-23-43/h4-9,12-33,57,60-61H,34H2,1-3H3. The Morgan fingerprint density at radius 1 is 0.377 bits per heavy atom. The number of rotatable bonds is 5. The number of benzene rings is 5. The van der Waals surface area contributed by atoms with E-state index in [0.717, 1.165) is 106 Å². The number of fused-ring (bicyclic) bond motifs is 8. The van der Waals surface area contributed by atoms with Crippen molar-refractivity contribution in [1.82, 2.24) is 19.9 Å². The fourth-order valence-corrected chi connectivity index (χ4v) is 8.14. The fraction of sp³-hybridized carbons (Fsp3) is 0.0714. The van der Waals surface area contributed by atoms with Crippen LogP contribution in [0.4, 0.5) is 0 Å². The topological polar surface area (TPSA) is 77.6 Å². The summed E-state index contributed by atoms with van der Waals surface area (Å²) in [7, 11) is 0. The molecule has 3 aromatic heterocycles. The molecule has 5 heterocycles. The van der Waals surface area contributed by atoms with Crippen molar-refractivity contribution in [2.75, 3.05) is 0 Å². The molecule has 10 rings (SSSR count). The Labute approximate surface area is 355 Å². The fourth-order valence-electron chi connectivity index (χ4n) is 8.14. The second-order valence-electron chi connectivity index (χ2n) is 15.8. The van der Waals surface area contributed by atoms with Crippen molar-refractivity contribution in [3.63, 3.8) is 0 Å². The van der Waals surface area contributed by atoms with E-state index in [1.807, 2.05) is 24.3 Å². The van der Waals surface area contributed by atoms with Crippen LogP contribution in [-0.4, -0.2) is 25.0 Å². The number of aromatic amines is 2. The largest absolute Gasteiger partial charge is 0.392 e. The third kappa shape index (κ3) is 7.42. The number of hydrogen-bond acceptors (Lipinski definition) is 3. The molecular formula is C56H42N4O. The molecule has 0 radical (unpaired) electrons. The Morgan fingerprint density at radius 2 is 0.656 bits per heavy atom. The lowest BCUT2D eigenvalue weighted by Gasteiger charge is -2.07. The minimum absolute atomic E-state index is 0.0129. The van der Waals surface area contributed by atoms with Crippen molar-refractivity contribution >= 4 is 46.4 Å². The lowest BCUT2D eigenvalue weighted by atomic mass is 10.0. The average Bonchev–Trinajstić information content (AvgIpc) is 4.14. The smallest absolute Gasteiger partial charge is 0.0737 e. The van der Waals surface area contributed by atoms with Crippen molar-refractivity contribution in [3.05, 3.63) is 202 Å². The van der Waals surface area contributed by atoms with E-state index >= 15 is 0 Å². The van der Waals surface area contributed by atoms with Gasteiger partial charge in [0, 0.05) is 55.4 Å². The molecule has 0 saturated carbocycles. The molecule has 5 nitrogen and oxygen atoms in total. The lowest BCUT2D eigenvalue weighted by molar-refractivity contribution is 0.282. The number of aryl methyl sites for hydroxylation is 3. The van der Waals surface area contributed by atoms with Gasteiger partial charge in [0.05, 0.1) is 29.4 Å². The van der Waals surface area contributed by atoms with Crippen molar-refractivity contribution < 1.29 is 5.11 Å². The molecule has 61 heavy (non-hydrogen) atoms. The van der Waals surface area contributed by atoms with Crippen LogP contribution in [0.25, 0.3) is 90.9 Å². The molecule has 0 atom stereocenters. The Hall–Kier alpha value is -7.78. The van der Waals surface area contributed by atoms with Crippen LogP contribution in [0, 0.1) is 32.6 Å². The minimum Gasteiger partial charge on any atom is -0.392 e. The van der Waals surface area contributed by atoms with Gasteiger partial charge in [0.1, 0.15) is 0 Å². The molecule has 0 aliphatic carbocycles. The van der Waals surface area contributed by atoms with Gasteiger partial charge in [-0.05, 0) is 121 Å². The predicted molar refractivity (Wildman–Crippen MR) is 253 cm³/mol. The molecule has 0 unspecified atom stereocenters. The Bertz CT molecular complexity index is 3220. The van der Waals surface area contributed by atoms with Gasteiger partial charge < -0.3 is 15.1 Å². The van der Waals surface area contributed by atoms with Crippen LogP contribution >= 0.6 is 0 Å². The first-order valence-corrected chi connectivity index (χ1v) is 20.6. The minimum atomic E-state index is 0.0129. The zero-order chi connectivity index (χ0) is 41.5. The van der Waals surface area contributed by atoms with Gasteiger partial charge in [0.15, 0.2) is 0 Å². The predicted octanol–water partition coefficient (Wildman–Crippen LogP) is 13.1. The highest BCUT2D eigenvalue weighted by atomic mass is 16.3. The van der Waals surface area contributed by atoms with Crippen LogP contribution in [0.5, 0.6) is 0 Å². The Balaban J connectivity index is 1.27. The van der Waals surface area contributed by atoms with Crippen LogP contribution in [0.1, 0.15) is 56.2 Å². The molecule has 8 bridgehead atoms. The van der Waals surface area contributed by atoms with E-state index in [-0.39, 0.29) is 6.61 Å². The zero-order valence-electron chi connectivity index (χ0n) is 34.2. The van der Waals surface area contributed by atoms with Crippen LogP contribution in [0.2, 0.25) is 0 Å². The summed E-state index contributed by atoms with van der Waals surface area (Å²) >= 11 is 0. The molecule has 0 fully saturated rings. The van der Waals surface area contributed by atoms with Gasteiger partial charge in [-0.15, -0.1) is 0 Å². The van der Waals surface area contributed by atoms with E-state index in [0.29, 0.717) is 0 Å².